The Bertz CT molecular complexity index is 1270. The summed E-state index contributed by atoms with van der Waals surface area (Å²) in [7, 11) is 0. The van der Waals surface area contributed by atoms with Crippen molar-refractivity contribution < 1.29 is 89.7 Å². The van der Waals surface area contributed by atoms with Gasteiger partial charge in [0.15, 0.2) is 0 Å². The second-order valence-corrected chi connectivity index (χ2v) is 31.5. The summed E-state index contributed by atoms with van der Waals surface area (Å²) in [5.41, 5.74) is 2.64. The van der Waals surface area contributed by atoms with Gasteiger partial charge >= 0.3 is 0 Å². The summed E-state index contributed by atoms with van der Waals surface area (Å²) >= 11 is 0. The van der Waals surface area contributed by atoms with Gasteiger partial charge < -0.3 is 69.3 Å². The van der Waals surface area contributed by atoms with Crippen molar-refractivity contribution in [3.8, 4) is 0 Å². The predicted molar refractivity (Wildman–Crippen MR) is 333 cm³/mol. The molecule has 0 saturated carbocycles. The number of unbranched alkanes of at least 4 members (excludes halogenated alkanes) is 14. The van der Waals surface area contributed by atoms with E-state index in [1.54, 1.807) is 0 Å². The number of carbonyl (C=O) groups is 7. The second-order valence-electron chi connectivity index (χ2n) is 31.5. The first-order valence-electron chi connectivity index (χ1n) is 32.3. The summed E-state index contributed by atoms with van der Waals surface area (Å²) < 4.78 is 0. The van der Waals surface area contributed by atoms with Crippen LogP contribution in [0.1, 0.15) is 370 Å². The predicted octanol–water partition coefficient (Wildman–Crippen LogP) is 12.1. The molecule has 0 aliphatic carbocycles. The van der Waals surface area contributed by atoms with Crippen LogP contribution in [-0.4, -0.2) is 41.8 Å². The van der Waals surface area contributed by atoms with E-state index in [1.807, 2.05) is 0 Å². The minimum atomic E-state index is -0.925. The molecule has 0 rings (SSSR count). The van der Waals surface area contributed by atoms with Gasteiger partial charge in [-0.2, -0.15) is 0 Å². The smallest absolute Gasteiger partial charge is 0.0414 e. The normalized spacial score (nSPS) is 11.4. The van der Waals surface area contributed by atoms with Crippen molar-refractivity contribution in [1.29, 1.82) is 0 Å². The van der Waals surface area contributed by atoms with Crippen molar-refractivity contribution in [2.45, 2.75) is 370 Å². The van der Waals surface area contributed by atoms with Crippen LogP contribution in [0.15, 0.2) is 0 Å². The number of rotatable bonds is 35. The number of carboxylic acid groups (broad SMARTS) is 7. The van der Waals surface area contributed by atoms with E-state index in [4.69, 9.17) is 0 Å². The fraction of sp³-hybridized carbons (Fsp3) is 0.900. The molecule has 511 valence electrons. The Hall–Kier alpha value is -3.05. The number of hydrogen-bond donors (Lipinski definition) is 0. The number of aliphatic carboxylic acids is 7. The van der Waals surface area contributed by atoms with Crippen molar-refractivity contribution in [2.75, 3.05) is 0 Å². The minimum Gasteiger partial charge on any atom is -0.550 e. The SMILES string of the molecule is CC(C)(C)CCCCCC(=O)[O-].CC(C)(C)CCCCCC(=O)[O-].CC(C)(C)CCCCCC(=O)[O-].CC(C)(C)CCCCCC(=O)[O-].CC(C)(C)CCCCCC(=O)[O-].CC(C)(C)CCCCCC(=O)[O-].CC(C)(C)CCCCCC(=O)[O-].[Re]. The minimum absolute atomic E-state index is 0. The summed E-state index contributed by atoms with van der Waals surface area (Å²) in [6, 6.07) is 0. The fourth-order valence-corrected chi connectivity index (χ4v) is 7.71. The van der Waals surface area contributed by atoms with Gasteiger partial charge in [0.05, 0.1) is 0 Å². The van der Waals surface area contributed by atoms with Crippen LogP contribution in [0, 0.1) is 37.9 Å². The van der Waals surface area contributed by atoms with Gasteiger partial charge in [-0.15, -0.1) is 0 Å². The van der Waals surface area contributed by atoms with E-state index in [2.05, 4.69) is 145 Å². The molecule has 0 spiro atoms. The molecule has 0 amide bonds. The molecule has 0 aliphatic rings. The van der Waals surface area contributed by atoms with Gasteiger partial charge in [-0.1, -0.05) is 235 Å². The van der Waals surface area contributed by atoms with E-state index >= 15 is 0 Å². The van der Waals surface area contributed by atoms with Crippen LogP contribution in [-0.2, 0) is 54.0 Å². The maximum atomic E-state index is 10.0. The first-order chi connectivity index (χ1) is 37.9. The average Bonchev–Trinajstić information content (AvgIpc) is 3.26. The monoisotopic (exact) mass is 1380 g/mol. The Morgan fingerprint density at radius 1 is 0.176 bits per heavy atom. The van der Waals surface area contributed by atoms with Gasteiger partial charge in [0.25, 0.3) is 0 Å². The van der Waals surface area contributed by atoms with Gasteiger partial charge in [0.2, 0.25) is 0 Å². The van der Waals surface area contributed by atoms with Gasteiger partial charge in [-0.05, 0) is 173 Å². The Morgan fingerprint density at radius 3 is 0.318 bits per heavy atom. The zero-order chi connectivity index (χ0) is 67.3. The van der Waals surface area contributed by atoms with Crippen molar-refractivity contribution in [3.63, 3.8) is 0 Å². The molecule has 85 heavy (non-hydrogen) atoms. The van der Waals surface area contributed by atoms with Crippen LogP contribution in [0.5, 0.6) is 0 Å². The topological polar surface area (TPSA) is 281 Å². The average molecular weight is 1390 g/mol. The van der Waals surface area contributed by atoms with Crippen LogP contribution in [0.25, 0.3) is 0 Å². The van der Waals surface area contributed by atoms with Crippen LogP contribution in [0.4, 0.5) is 0 Å². The number of hydrogen-bond acceptors (Lipinski definition) is 14. The van der Waals surface area contributed by atoms with Crippen molar-refractivity contribution in [2.24, 2.45) is 37.9 Å². The molecule has 0 aromatic heterocycles. The molecular weight excluding hydrogens is 1250 g/mol. The van der Waals surface area contributed by atoms with E-state index in [9.17, 15) is 69.3 Å². The quantitative estimate of drug-likeness (QED) is 0.0534. The van der Waals surface area contributed by atoms with Gasteiger partial charge in [-0.3, -0.25) is 0 Å². The molecule has 0 fully saturated rings. The molecule has 0 unspecified atom stereocenters. The fourth-order valence-electron chi connectivity index (χ4n) is 7.71. The third-order valence-corrected chi connectivity index (χ3v) is 12.7. The van der Waals surface area contributed by atoms with Gasteiger partial charge in [0, 0.05) is 62.2 Å². The molecule has 0 atom stereocenters. The maximum Gasteiger partial charge on any atom is 0.0414 e. The molecule has 15 heteroatoms. The summed E-state index contributed by atoms with van der Waals surface area (Å²) in [5.74, 6) is -6.48. The molecule has 0 aliphatic heterocycles. The largest absolute Gasteiger partial charge is 0.550 e. The van der Waals surface area contributed by atoms with Crippen LogP contribution >= 0.6 is 0 Å². The molecule has 0 bridgehead atoms. The first kappa shape index (κ1) is 98.2. The Morgan fingerprint density at radius 2 is 0.259 bits per heavy atom. The summed E-state index contributed by atoms with van der Waals surface area (Å²) in [6.45, 7) is 46.2. The van der Waals surface area contributed by atoms with Crippen LogP contribution in [0.3, 0.4) is 0 Å². The summed E-state index contributed by atoms with van der Waals surface area (Å²) in [5, 5.41) is 70.3. The Labute approximate surface area is 536 Å². The molecule has 1 radical (unpaired) electrons. The molecule has 0 heterocycles. The molecule has 0 aromatic rings. The van der Waals surface area contributed by atoms with Gasteiger partial charge in [-0.25, -0.2) is 0 Å². The van der Waals surface area contributed by atoms with Gasteiger partial charge in [0.1, 0.15) is 0 Å². The Balaban J connectivity index is -0.000000135. The summed E-state index contributed by atoms with van der Waals surface area (Å²) in [4.78, 5) is 70.3. The standard InChI is InChI=1S/7C10H20O2.Re/c7*1-10(2,3)8-6-4-5-7-9(11)12;/h7*4-8H2,1-3H3,(H,11,12);/p-7. The molecule has 0 saturated heterocycles. The third-order valence-electron chi connectivity index (χ3n) is 12.7. The van der Waals surface area contributed by atoms with Crippen LogP contribution in [0.2, 0.25) is 0 Å². The number of carbonyl (C=O) groups excluding carboxylic acids is 7. The zero-order valence-electron chi connectivity index (χ0n) is 58.8. The molecule has 0 N–H and O–H groups in total. The Kier molecular flexibility index (Phi) is 66.3. The zero-order valence-corrected chi connectivity index (χ0v) is 61.6. The van der Waals surface area contributed by atoms with E-state index in [-0.39, 0.29) is 65.4 Å². The van der Waals surface area contributed by atoms with E-state index < -0.39 is 41.8 Å². The maximum absolute atomic E-state index is 10.0. The van der Waals surface area contributed by atoms with Crippen molar-refractivity contribution in [3.05, 3.63) is 0 Å². The number of carboxylic acids is 7. The van der Waals surface area contributed by atoms with Crippen LogP contribution < -0.4 is 35.7 Å². The molecule has 14 nitrogen and oxygen atoms in total. The summed E-state index contributed by atoms with van der Waals surface area (Å²) in [6.07, 6.45) is 29.9. The van der Waals surface area contributed by atoms with E-state index in [1.165, 1.54) is 44.9 Å². The third kappa shape index (κ3) is 140. The van der Waals surface area contributed by atoms with E-state index in [0.29, 0.717) is 37.9 Å². The van der Waals surface area contributed by atoms with Crippen molar-refractivity contribution >= 4 is 41.8 Å². The molecule has 0 aromatic carbocycles. The second kappa shape index (κ2) is 57.4. The van der Waals surface area contributed by atoms with E-state index in [0.717, 1.165) is 135 Å². The first-order valence-corrected chi connectivity index (χ1v) is 32.3. The van der Waals surface area contributed by atoms with Crippen molar-refractivity contribution in [1.82, 2.24) is 0 Å². The molecular formula is C70H133O14Re-7.